The number of aryl methyl sites for hydroxylation is 2. The Hall–Kier alpha value is -0.930. The molecule has 104 valence electrons. The summed E-state index contributed by atoms with van der Waals surface area (Å²) in [5.74, 6) is 0. The number of thioether (sulfide) groups is 1. The Bertz CT molecular complexity index is 632. The van der Waals surface area contributed by atoms with Gasteiger partial charge in [-0.15, -0.1) is 23.1 Å². The van der Waals surface area contributed by atoms with Gasteiger partial charge in [0, 0.05) is 10.9 Å². The van der Waals surface area contributed by atoms with Crippen LogP contribution in [0.25, 0.3) is 0 Å². The van der Waals surface area contributed by atoms with E-state index in [-0.39, 0.29) is 0 Å². The Morgan fingerprint density at radius 1 is 1.15 bits per heavy atom. The predicted octanol–water partition coefficient (Wildman–Crippen LogP) is 5.27. The summed E-state index contributed by atoms with van der Waals surface area (Å²) in [6.45, 7) is 2.34. The number of hydrogen-bond acceptors (Lipinski definition) is 3. The maximum atomic E-state index is 3.78. The lowest BCUT2D eigenvalue weighted by Gasteiger charge is -2.28. The van der Waals surface area contributed by atoms with Gasteiger partial charge in [-0.3, -0.25) is 0 Å². The van der Waals surface area contributed by atoms with Crippen LogP contribution in [0.15, 0.2) is 33.9 Å². The molecule has 0 spiro atoms. The van der Waals surface area contributed by atoms with Gasteiger partial charge in [0.15, 0.2) is 0 Å². The zero-order valence-electron chi connectivity index (χ0n) is 11.7. The third kappa shape index (κ3) is 2.27. The van der Waals surface area contributed by atoms with Gasteiger partial charge in [0.25, 0.3) is 0 Å². The van der Waals surface area contributed by atoms with Gasteiger partial charge in [-0.25, -0.2) is 0 Å². The van der Waals surface area contributed by atoms with Crippen molar-refractivity contribution in [1.82, 2.24) is 0 Å². The summed E-state index contributed by atoms with van der Waals surface area (Å²) in [4.78, 5) is 0. The highest BCUT2D eigenvalue weighted by Crippen LogP contribution is 2.45. The molecule has 1 nitrogen and oxygen atoms in total. The van der Waals surface area contributed by atoms with E-state index in [9.17, 15) is 0 Å². The monoisotopic (exact) mass is 301 g/mol. The first kappa shape index (κ1) is 12.8. The Kier molecular flexibility index (Phi) is 3.27. The number of fused-ring (bicyclic) bond motifs is 2. The van der Waals surface area contributed by atoms with Crippen molar-refractivity contribution in [2.24, 2.45) is 0 Å². The van der Waals surface area contributed by atoms with Crippen LogP contribution in [0, 0.1) is 0 Å². The van der Waals surface area contributed by atoms with E-state index in [0.29, 0.717) is 11.3 Å². The predicted molar refractivity (Wildman–Crippen MR) is 89.1 cm³/mol. The average Bonchev–Trinajstić information content (AvgIpc) is 3.05. The summed E-state index contributed by atoms with van der Waals surface area (Å²) in [6.07, 6.45) is 5.06. The minimum absolute atomic E-state index is 0.479. The van der Waals surface area contributed by atoms with Crippen molar-refractivity contribution < 1.29 is 0 Å². The average molecular weight is 301 g/mol. The second-order valence-electron chi connectivity index (χ2n) is 5.86. The third-order valence-electron chi connectivity index (χ3n) is 4.35. The normalized spacial score (nSPS) is 24.2. The van der Waals surface area contributed by atoms with Crippen LogP contribution in [-0.2, 0) is 12.8 Å². The van der Waals surface area contributed by atoms with Gasteiger partial charge in [-0.2, -0.15) is 0 Å². The van der Waals surface area contributed by atoms with E-state index in [2.05, 4.69) is 41.9 Å². The Balaban J connectivity index is 1.60. The molecule has 0 fully saturated rings. The summed E-state index contributed by atoms with van der Waals surface area (Å²) >= 11 is 3.92. The summed E-state index contributed by atoms with van der Waals surface area (Å²) < 4.78 is 1.50. The fourth-order valence-corrected chi connectivity index (χ4v) is 5.92. The van der Waals surface area contributed by atoms with Crippen LogP contribution in [0.1, 0.15) is 42.5 Å². The molecule has 20 heavy (non-hydrogen) atoms. The van der Waals surface area contributed by atoms with Crippen molar-refractivity contribution >= 4 is 28.8 Å². The SMILES string of the molecule is C[C@H]1CC(Nc2ccc3c(c2)CCC3)c2ccsc2S1. The smallest absolute Gasteiger partial charge is 0.0653 e. The molecule has 4 rings (SSSR count). The molecule has 1 aromatic carbocycles. The van der Waals surface area contributed by atoms with Crippen molar-refractivity contribution in [3.05, 3.63) is 46.3 Å². The van der Waals surface area contributed by atoms with Gasteiger partial charge < -0.3 is 5.32 Å². The van der Waals surface area contributed by atoms with Gasteiger partial charge in [0.1, 0.15) is 0 Å². The molecule has 0 amide bonds. The van der Waals surface area contributed by atoms with Gasteiger partial charge >= 0.3 is 0 Å². The molecule has 1 unspecified atom stereocenters. The fraction of sp³-hybridized carbons (Fsp3) is 0.412. The Labute approximate surface area is 128 Å². The fourth-order valence-electron chi connectivity index (χ4n) is 3.35. The van der Waals surface area contributed by atoms with E-state index in [4.69, 9.17) is 0 Å². The molecule has 2 aliphatic rings. The molecule has 0 saturated carbocycles. The summed E-state index contributed by atoms with van der Waals surface area (Å²) in [7, 11) is 0. The van der Waals surface area contributed by atoms with E-state index in [1.807, 2.05) is 23.1 Å². The van der Waals surface area contributed by atoms with Gasteiger partial charge in [0.05, 0.1) is 10.3 Å². The van der Waals surface area contributed by atoms with Crippen LogP contribution in [0.5, 0.6) is 0 Å². The van der Waals surface area contributed by atoms with Crippen LogP contribution in [0.2, 0.25) is 0 Å². The highest BCUT2D eigenvalue weighted by atomic mass is 32.2. The number of hydrogen-bond donors (Lipinski definition) is 1. The maximum absolute atomic E-state index is 3.78. The molecular weight excluding hydrogens is 282 g/mol. The number of anilines is 1. The van der Waals surface area contributed by atoms with Crippen molar-refractivity contribution in [2.75, 3.05) is 5.32 Å². The first-order valence-electron chi connectivity index (χ1n) is 7.42. The second kappa shape index (κ2) is 5.12. The van der Waals surface area contributed by atoms with Crippen LogP contribution >= 0.6 is 23.1 Å². The zero-order valence-corrected chi connectivity index (χ0v) is 13.3. The molecule has 2 heterocycles. The van der Waals surface area contributed by atoms with E-state index >= 15 is 0 Å². The van der Waals surface area contributed by atoms with Crippen LogP contribution < -0.4 is 5.32 Å². The van der Waals surface area contributed by atoms with E-state index in [1.54, 1.807) is 11.1 Å². The van der Waals surface area contributed by atoms with Gasteiger partial charge in [0.2, 0.25) is 0 Å². The minimum atomic E-state index is 0.479. The van der Waals surface area contributed by atoms with Crippen molar-refractivity contribution in [1.29, 1.82) is 0 Å². The van der Waals surface area contributed by atoms with E-state index in [1.165, 1.54) is 41.1 Å². The first-order valence-corrected chi connectivity index (χ1v) is 9.18. The van der Waals surface area contributed by atoms with Gasteiger partial charge in [-0.05, 0) is 66.0 Å². The molecule has 1 aliphatic heterocycles. The molecule has 1 aromatic heterocycles. The molecule has 2 atom stereocenters. The van der Waals surface area contributed by atoms with Crippen molar-refractivity contribution in [3.8, 4) is 0 Å². The summed E-state index contributed by atoms with van der Waals surface area (Å²) in [5, 5.41) is 6.71. The Morgan fingerprint density at radius 2 is 2.05 bits per heavy atom. The lowest BCUT2D eigenvalue weighted by molar-refractivity contribution is 0.670. The summed E-state index contributed by atoms with van der Waals surface area (Å²) in [5.41, 5.74) is 5.91. The van der Waals surface area contributed by atoms with Crippen LogP contribution in [-0.4, -0.2) is 5.25 Å². The van der Waals surface area contributed by atoms with Crippen LogP contribution in [0.4, 0.5) is 5.69 Å². The maximum Gasteiger partial charge on any atom is 0.0653 e. The molecule has 1 N–H and O–H groups in total. The van der Waals surface area contributed by atoms with E-state index in [0.717, 1.165) is 0 Å². The van der Waals surface area contributed by atoms with E-state index < -0.39 is 0 Å². The lowest BCUT2D eigenvalue weighted by Crippen LogP contribution is -2.19. The topological polar surface area (TPSA) is 12.0 Å². The van der Waals surface area contributed by atoms with Crippen molar-refractivity contribution in [2.45, 2.75) is 48.1 Å². The molecule has 2 aromatic rings. The molecule has 0 saturated heterocycles. The molecule has 0 radical (unpaired) electrons. The molecule has 3 heteroatoms. The quantitative estimate of drug-likeness (QED) is 0.810. The van der Waals surface area contributed by atoms with Crippen LogP contribution in [0.3, 0.4) is 0 Å². The number of thiophene rings is 1. The zero-order chi connectivity index (χ0) is 13.5. The number of nitrogens with one attached hydrogen (secondary N) is 1. The van der Waals surface area contributed by atoms with Gasteiger partial charge in [-0.1, -0.05) is 13.0 Å². The third-order valence-corrected chi connectivity index (χ3v) is 6.69. The second-order valence-corrected chi connectivity index (χ2v) is 8.48. The minimum Gasteiger partial charge on any atom is -0.378 e. The number of rotatable bonds is 2. The molecular formula is C17H19NS2. The standard InChI is InChI=1S/C17H19NS2/c1-11-9-16(15-7-8-19-17(15)20-11)18-14-6-5-12-3-2-4-13(12)10-14/h5-8,10-11,16,18H,2-4,9H2,1H3/t11-,16?/m0/s1. The van der Waals surface area contributed by atoms with Crippen molar-refractivity contribution in [3.63, 3.8) is 0 Å². The molecule has 0 bridgehead atoms. The largest absolute Gasteiger partial charge is 0.378 e. The summed E-state index contributed by atoms with van der Waals surface area (Å²) in [6, 6.07) is 9.74. The highest BCUT2D eigenvalue weighted by molar-refractivity contribution is 8.01. The Morgan fingerprint density at radius 3 is 3.00 bits per heavy atom. The number of benzene rings is 1. The molecule has 1 aliphatic carbocycles. The highest BCUT2D eigenvalue weighted by Gasteiger charge is 2.26. The lowest BCUT2D eigenvalue weighted by atomic mass is 10.0. The first-order chi connectivity index (χ1) is 9.79.